The van der Waals surface area contributed by atoms with E-state index in [0.29, 0.717) is 10.9 Å². The van der Waals surface area contributed by atoms with Crippen LogP contribution in [0.25, 0.3) is 0 Å². The number of ether oxygens (including phenoxy) is 2. The van der Waals surface area contributed by atoms with Gasteiger partial charge in [-0.3, -0.25) is 4.79 Å². The fourth-order valence-corrected chi connectivity index (χ4v) is 2.92. The summed E-state index contributed by atoms with van der Waals surface area (Å²) in [6.45, 7) is 1.38. The van der Waals surface area contributed by atoms with Crippen molar-refractivity contribution in [3.8, 4) is 0 Å². The largest absolute Gasteiger partial charge is 0.454 e. The van der Waals surface area contributed by atoms with Crippen LogP contribution in [0.15, 0.2) is 30.3 Å². The molecule has 120 valence electrons. The van der Waals surface area contributed by atoms with E-state index in [1.54, 1.807) is 30.3 Å². The van der Waals surface area contributed by atoms with Crippen LogP contribution in [0.2, 0.25) is 0 Å². The number of benzene rings is 1. The number of carbonyl (C=O) groups excluding carboxylic acids is 2. The molecule has 22 heavy (non-hydrogen) atoms. The maximum absolute atomic E-state index is 12.2. The Bertz CT molecular complexity index is 524. The van der Waals surface area contributed by atoms with Gasteiger partial charge in [0.25, 0.3) is 0 Å². The van der Waals surface area contributed by atoms with E-state index >= 15 is 0 Å². The number of alkyl halides is 1. The molecule has 1 fully saturated rings. The Hall–Kier alpha value is -1.44. The van der Waals surface area contributed by atoms with Gasteiger partial charge in [0.1, 0.15) is 12.2 Å². The number of amides is 1. The lowest BCUT2D eigenvalue weighted by Gasteiger charge is -2.39. The van der Waals surface area contributed by atoms with Crippen molar-refractivity contribution in [2.24, 2.45) is 0 Å². The molecule has 4 atom stereocenters. The number of carbonyl (C=O) groups is 2. The molecule has 1 saturated heterocycles. The Balaban J connectivity index is 2.15. The van der Waals surface area contributed by atoms with Gasteiger partial charge in [-0.15, -0.1) is 0 Å². The van der Waals surface area contributed by atoms with Gasteiger partial charge in [-0.1, -0.05) is 34.1 Å². The summed E-state index contributed by atoms with van der Waals surface area (Å²) < 4.78 is 10.9. The van der Waals surface area contributed by atoms with E-state index in [1.165, 1.54) is 6.92 Å². The van der Waals surface area contributed by atoms with Gasteiger partial charge in [0.05, 0.1) is 11.6 Å². The minimum absolute atomic E-state index is 0.163. The van der Waals surface area contributed by atoms with Crippen molar-refractivity contribution < 1.29 is 24.2 Å². The second kappa shape index (κ2) is 7.71. The first-order valence-electron chi connectivity index (χ1n) is 6.94. The van der Waals surface area contributed by atoms with Crippen LogP contribution in [0.1, 0.15) is 23.7 Å². The summed E-state index contributed by atoms with van der Waals surface area (Å²) in [4.78, 5) is 23.5. The summed E-state index contributed by atoms with van der Waals surface area (Å²) in [6, 6.07) is 8.08. The zero-order valence-corrected chi connectivity index (χ0v) is 13.7. The van der Waals surface area contributed by atoms with Gasteiger partial charge in [-0.25, -0.2) is 4.79 Å². The van der Waals surface area contributed by atoms with Gasteiger partial charge >= 0.3 is 5.97 Å². The molecular weight excluding hydrogens is 354 g/mol. The molecule has 0 radical (unpaired) electrons. The highest BCUT2D eigenvalue weighted by molar-refractivity contribution is 9.09. The average molecular weight is 372 g/mol. The van der Waals surface area contributed by atoms with Crippen LogP contribution >= 0.6 is 15.9 Å². The van der Waals surface area contributed by atoms with Crippen molar-refractivity contribution in [3.05, 3.63) is 35.9 Å². The van der Waals surface area contributed by atoms with Gasteiger partial charge in [-0.05, 0) is 12.1 Å². The molecule has 1 aliphatic rings. The number of hydrogen-bond acceptors (Lipinski definition) is 5. The highest BCUT2D eigenvalue weighted by atomic mass is 79.9. The smallest absolute Gasteiger partial charge is 0.338 e. The van der Waals surface area contributed by atoms with Crippen LogP contribution in [-0.2, 0) is 14.3 Å². The van der Waals surface area contributed by atoms with Crippen LogP contribution in [-0.4, -0.2) is 46.9 Å². The first kappa shape index (κ1) is 16.9. The van der Waals surface area contributed by atoms with Gasteiger partial charge in [0.15, 0.2) is 6.29 Å². The molecule has 2 rings (SSSR count). The highest BCUT2D eigenvalue weighted by Gasteiger charge is 2.41. The van der Waals surface area contributed by atoms with Gasteiger partial charge in [0.2, 0.25) is 5.91 Å². The lowest BCUT2D eigenvalue weighted by Crippen LogP contribution is -2.57. The standard InChI is InChI=1S/C15H18BrNO5/c1-9(18)17-11-7-13(19)21-12(8-16)14(11)22-15(20)10-5-3-2-4-6-10/h2-6,11-14,19H,7-8H2,1H3,(H,17,18)/t11-,12+,13+,14+/m1/s1. The number of aliphatic hydroxyl groups is 1. The number of rotatable bonds is 4. The number of halogens is 1. The number of hydrogen-bond donors (Lipinski definition) is 2. The second-order valence-corrected chi connectivity index (χ2v) is 5.71. The molecule has 2 N–H and O–H groups in total. The number of aliphatic hydroxyl groups excluding tert-OH is 1. The minimum atomic E-state index is -1.01. The van der Waals surface area contributed by atoms with E-state index in [1.807, 2.05) is 0 Å². The molecule has 0 aliphatic carbocycles. The Labute approximate surface area is 136 Å². The van der Waals surface area contributed by atoms with E-state index < -0.39 is 30.5 Å². The molecule has 0 unspecified atom stereocenters. The summed E-state index contributed by atoms with van der Waals surface area (Å²) in [5, 5.41) is 12.8. The van der Waals surface area contributed by atoms with Crippen LogP contribution in [0.3, 0.4) is 0 Å². The lowest BCUT2D eigenvalue weighted by molar-refractivity contribution is -0.201. The third-order valence-electron chi connectivity index (χ3n) is 3.34. The topological polar surface area (TPSA) is 84.9 Å². The first-order chi connectivity index (χ1) is 10.5. The first-order valence-corrected chi connectivity index (χ1v) is 8.06. The van der Waals surface area contributed by atoms with E-state index in [9.17, 15) is 14.7 Å². The van der Waals surface area contributed by atoms with Crippen molar-refractivity contribution in [3.63, 3.8) is 0 Å². The molecular formula is C15H18BrNO5. The molecule has 7 heteroatoms. The minimum Gasteiger partial charge on any atom is -0.454 e. The highest BCUT2D eigenvalue weighted by Crippen LogP contribution is 2.24. The van der Waals surface area contributed by atoms with Gasteiger partial charge in [0, 0.05) is 18.7 Å². The lowest BCUT2D eigenvalue weighted by atomic mass is 9.99. The summed E-state index contributed by atoms with van der Waals surface area (Å²) >= 11 is 3.28. The normalized spacial score (nSPS) is 28.0. The zero-order valence-electron chi connectivity index (χ0n) is 12.1. The Morgan fingerprint density at radius 1 is 1.41 bits per heavy atom. The molecule has 6 nitrogen and oxygen atoms in total. The Kier molecular flexibility index (Phi) is 5.93. The van der Waals surface area contributed by atoms with Crippen molar-refractivity contribution in [1.82, 2.24) is 5.32 Å². The molecule has 1 amide bonds. The maximum Gasteiger partial charge on any atom is 0.338 e. The van der Waals surface area contributed by atoms with Crippen molar-refractivity contribution >= 4 is 27.8 Å². The maximum atomic E-state index is 12.2. The quantitative estimate of drug-likeness (QED) is 0.613. The average Bonchev–Trinajstić information content (AvgIpc) is 2.49. The molecule has 1 aromatic carbocycles. The zero-order chi connectivity index (χ0) is 16.1. The van der Waals surface area contributed by atoms with Crippen LogP contribution in [0.5, 0.6) is 0 Å². The van der Waals surface area contributed by atoms with Crippen molar-refractivity contribution in [2.75, 3.05) is 5.33 Å². The Morgan fingerprint density at radius 3 is 2.68 bits per heavy atom. The van der Waals surface area contributed by atoms with Crippen LogP contribution in [0, 0.1) is 0 Å². The fourth-order valence-electron chi connectivity index (χ4n) is 2.40. The van der Waals surface area contributed by atoms with E-state index in [2.05, 4.69) is 21.2 Å². The fraction of sp³-hybridized carbons (Fsp3) is 0.467. The molecule has 0 spiro atoms. The van der Waals surface area contributed by atoms with Crippen molar-refractivity contribution in [2.45, 2.75) is 37.9 Å². The predicted molar refractivity (Wildman–Crippen MR) is 82.5 cm³/mol. The van der Waals surface area contributed by atoms with Crippen molar-refractivity contribution in [1.29, 1.82) is 0 Å². The SMILES string of the molecule is CC(=O)N[C@@H]1C[C@@H](O)O[C@@H](CBr)[C@H]1OC(=O)c1ccccc1. The third kappa shape index (κ3) is 4.28. The predicted octanol–water partition coefficient (Wildman–Crippen LogP) is 1.22. The summed E-state index contributed by atoms with van der Waals surface area (Å²) in [5.41, 5.74) is 0.420. The Morgan fingerprint density at radius 2 is 2.09 bits per heavy atom. The molecule has 1 aliphatic heterocycles. The summed E-state index contributed by atoms with van der Waals surface area (Å²) in [6.07, 6.45) is -2.07. The van der Waals surface area contributed by atoms with Gasteiger partial charge < -0.3 is 19.9 Å². The molecule has 0 bridgehead atoms. The van der Waals surface area contributed by atoms with E-state index in [4.69, 9.17) is 9.47 Å². The second-order valence-electron chi connectivity index (χ2n) is 5.06. The summed E-state index contributed by atoms with van der Waals surface area (Å²) in [5.74, 6) is -0.750. The number of nitrogens with one attached hydrogen (secondary N) is 1. The van der Waals surface area contributed by atoms with Crippen LogP contribution in [0.4, 0.5) is 0 Å². The molecule has 0 aromatic heterocycles. The summed E-state index contributed by atoms with van der Waals surface area (Å²) in [7, 11) is 0. The number of esters is 1. The van der Waals surface area contributed by atoms with E-state index in [0.717, 1.165) is 0 Å². The third-order valence-corrected chi connectivity index (χ3v) is 3.98. The monoisotopic (exact) mass is 371 g/mol. The molecule has 1 heterocycles. The molecule has 1 aromatic rings. The van der Waals surface area contributed by atoms with E-state index in [-0.39, 0.29) is 12.3 Å². The molecule has 0 saturated carbocycles. The van der Waals surface area contributed by atoms with Crippen LogP contribution < -0.4 is 5.32 Å². The van der Waals surface area contributed by atoms with Gasteiger partial charge in [-0.2, -0.15) is 0 Å².